The van der Waals surface area contributed by atoms with Crippen LogP contribution in [0.15, 0.2) is 36.7 Å². The lowest BCUT2D eigenvalue weighted by molar-refractivity contribution is -0.120. The molecule has 0 aromatic carbocycles. The van der Waals surface area contributed by atoms with Crippen molar-refractivity contribution in [3.05, 3.63) is 41.7 Å². The number of ether oxygens (including phenoxy) is 1. The van der Waals surface area contributed by atoms with Crippen LogP contribution in [0.25, 0.3) is 0 Å². The lowest BCUT2D eigenvalue weighted by Crippen LogP contribution is -2.45. The summed E-state index contributed by atoms with van der Waals surface area (Å²) in [4.78, 5) is 49.4. The maximum absolute atomic E-state index is 13.0. The van der Waals surface area contributed by atoms with Crippen LogP contribution in [-0.2, 0) is 14.3 Å². The summed E-state index contributed by atoms with van der Waals surface area (Å²) in [5.41, 5.74) is 0.703. The van der Waals surface area contributed by atoms with E-state index in [1.807, 2.05) is 0 Å². The van der Waals surface area contributed by atoms with Gasteiger partial charge in [0.2, 0.25) is 11.8 Å². The summed E-state index contributed by atoms with van der Waals surface area (Å²) in [5, 5.41) is 5.90. The van der Waals surface area contributed by atoms with Crippen LogP contribution in [0, 0.1) is 0 Å². The molecule has 2 saturated heterocycles. The number of urea groups is 1. The standard InChI is InChI=1S/C22H25ClN6O4/c1-33-16-10-17(29(13-16)22(32)27-19-7-5-14(23)11-24-19)21(31)26-18-8-6-15(12-25-18)28-9-3-2-4-20(28)30/h5-8,11-12,16-17H,2-4,9-10,13H2,1H3,(H,24,27,32)(H,25,26,31)/t16-,17-/m1/s1. The molecule has 11 heteroatoms. The molecular weight excluding hydrogens is 448 g/mol. The Bertz CT molecular complexity index is 1020. The third kappa shape index (κ3) is 5.40. The molecule has 174 valence electrons. The van der Waals surface area contributed by atoms with E-state index in [2.05, 4.69) is 20.6 Å². The van der Waals surface area contributed by atoms with Gasteiger partial charge in [-0.1, -0.05) is 11.6 Å². The van der Waals surface area contributed by atoms with Crippen molar-refractivity contribution >= 4 is 46.8 Å². The van der Waals surface area contributed by atoms with Gasteiger partial charge in [-0.05, 0) is 37.1 Å². The van der Waals surface area contributed by atoms with Gasteiger partial charge in [0.1, 0.15) is 17.7 Å². The van der Waals surface area contributed by atoms with Gasteiger partial charge in [0.15, 0.2) is 0 Å². The summed E-state index contributed by atoms with van der Waals surface area (Å²) >= 11 is 5.84. The van der Waals surface area contributed by atoms with Crippen molar-refractivity contribution in [2.24, 2.45) is 0 Å². The maximum atomic E-state index is 13.0. The number of methoxy groups -OCH3 is 1. The number of pyridine rings is 2. The Kier molecular flexibility index (Phi) is 7.05. The van der Waals surface area contributed by atoms with E-state index < -0.39 is 12.1 Å². The van der Waals surface area contributed by atoms with Crippen LogP contribution in [0.4, 0.5) is 22.1 Å². The van der Waals surface area contributed by atoms with E-state index >= 15 is 0 Å². The van der Waals surface area contributed by atoms with Crippen molar-refractivity contribution in [2.75, 3.05) is 35.7 Å². The number of nitrogens with one attached hydrogen (secondary N) is 2. The van der Waals surface area contributed by atoms with Gasteiger partial charge in [0.05, 0.1) is 23.0 Å². The molecule has 2 fully saturated rings. The molecule has 2 N–H and O–H groups in total. The Morgan fingerprint density at radius 2 is 1.85 bits per heavy atom. The molecule has 2 aromatic heterocycles. The highest BCUT2D eigenvalue weighted by molar-refractivity contribution is 6.30. The normalized spacial score (nSPS) is 20.6. The van der Waals surface area contributed by atoms with E-state index in [0.29, 0.717) is 41.7 Å². The number of carbonyl (C=O) groups is 3. The molecule has 4 amide bonds. The van der Waals surface area contributed by atoms with Gasteiger partial charge in [-0.25, -0.2) is 14.8 Å². The average molecular weight is 473 g/mol. The van der Waals surface area contributed by atoms with Crippen molar-refractivity contribution in [1.29, 1.82) is 0 Å². The first-order valence-corrected chi connectivity index (χ1v) is 11.1. The molecule has 0 spiro atoms. The topological polar surface area (TPSA) is 117 Å². The van der Waals surface area contributed by atoms with Gasteiger partial charge >= 0.3 is 6.03 Å². The van der Waals surface area contributed by atoms with Gasteiger partial charge in [-0.3, -0.25) is 14.9 Å². The quantitative estimate of drug-likeness (QED) is 0.691. The molecular formula is C22H25ClN6O4. The number of amides is 4. The van der Waals surface area contributed by atoms with Crippen LogP contribution in [-0.4, -0.2) is 65.1 Å². The SMILES string of the molecule is CO[C@@H]1C[C@H](C(=O)Nc2ccc(N3CCCCC3=O)cn2)N(C(=O)Nc2ccc(Cl)cn2)C1. The minimum atomic E-state index is -0.743. The third-order valence-corrected chi connectivity index (χ3v) is 5.98. The van der Waals surface area contributed by atoms with Gasteiger partial charge in [0, 0.05) is 39.2 Å². The minimum absolute atomic E-state index is 0.0771. The first-order valence-electron chi connectivity index (χ1n) is 10.7. The Balaban J connectivity index is 1.42. The number of anilines is 3. The molecule has 10 nitrogen and oxygen atoms in total. The molecule has 33 heavy (non-hydrogen) atoms. The smallest absolute Gasteiger partial charge is 0.323 e. The molecule has 4 heterocycles. The fourth-order valence-electron chi connectivity index (χ4n) is 3.98. The second-order valence-electron chi connectivity index (χ2n) is 7.95. The lowest BCUT2D eigenvalue weighted by Gasteiger charge is -2.26. The fraction of sp³-hybridized carbons (Fsp3) is 0.409. The third-order valence-electron chi connectivity index (χ3n) is 5.76. The zero-order valence-electron chi connectivity index (χ0n) is 18.2. The van der Waals surface area contributed by atoms with Crippen molar-refractivity contribution in [1.82, 2.24) is 14.9 Å². The Labute approximate surface area is 196 Å². The van der Waals surface area contributed by atoms with Gasteiger partial charge in [0.25, 0.3) is 0 Å². The number of halogens is 1. The largest absolute Gasteiger partial charge is 0.380 e. The molecule has 0 saturated carbocycles. The van der Waals surface area contributed by atoms with Crippen LogP contribution < -0.4 is 15.5 Å². The summed E-state index contributed by atoms with van der Waals surface area (Å²) < 4.78 is 5.39. The average Bonchev–Trinajstić information content (AvgIpc) is 3.27. The second kappa shape index (κ2) is 10.1. The fourth-order valence-corrected chi connectivity index (χ4v) is 4.09. The second-order valence-corrected chi connectivity index (χ2v) is 8.38. The van der Waals surface area contributed by atoms with Crippen LogP contribution in [0.5, 0.6) is 0 Å². The van der Waals surface area contributed by atoms with E-state index in [9.17, 15) is 14.4 Å². The van der Waals surface area contributed by atoms with Gasteiger partial charge in [-0.15, -0.1) is 0 Å². The number of rotatable bonds is 5. The predicted octanol–water partition coefficient (Wildman–Crippen LogP) is 2.91. The summed E-state index contributed by atoms with van der Waals surface area (Å²) in [6.07, 6.45) is 5.46. The number of hydrogen-bond acceptors (Lipinski definition) is 6. The van der Waals surface area contributed by atoms with E-state index in [1.165, 1.54) is 11.1 Å². The molecule has 2 aromatic rings. The van der Waals surface area contributed by atoms with Gasteiger partial charge in [-0.2, -0.15) is 0 Å². The molecule has 0 radical (unpaired) electrons. The minimum Gasteiger partial charge on any atom is -0.380 e. The maximum Gasteiger partial charge on any atom is 0.323 e. The molecule has 0 bridgehead atoms. The molecule has 0 aliphatic carbocycles. The lowest BCUT2D eigenvalue weighted by atomic mass is 10.1. The highest BCUT2D eigenvalue weighted by Crippen LogP contribution is 2.24. The highest BCUT2D eigenvalue weighted by atomic mass is 35.5. The van der Waals surface area contributed by atoms with Crippen LogP contribution >= 0.6 is 11.6 Å². The highest BCUT2D eigenvalue weighted by Gasteiger charge is 2.40. The Hall–Kier alpha value is -3.24. The van der Waals surface area contributed by atoms with Crippen LogP contribution in [0.2, 0.25) is 5.02 Å². The predicted molar refractivity (Wildman–Crippen MR) is 123 cm³/mol. The number of nitrogens with zero attached hydrogens (tertiary/aromatic N) is 4. The molecule has 2 atom stereocenters. The van der Waals surface area contributed by atoms with Crippen molar-refractivity contribution in [3.63, 3.8) is 0 Å². The van der Waals surface area contributed by atoms with Crippen molar-refractivity contribution < 1.29 is 19.1 Å². The Morgan fingerprint density at radius 3 is 2.52 bits per heavy atom. The zero-order chi connectivity index (χ0) is 23.4. The van der Waals surface area contributed by atoms with E-state index in [1.54, 1.807) is 42.5 Å². The molecule has 4 rings (SSSR count). The van der Waals surface area contributed by atoms with Crippen LogP contribution in [0.3, 0.4) is 0 Å². The van der Waals surface area contributed by atoms with Gasteiger partial charge < -0.3 is 19.9 Å². The summed E-state index contributed by atoms with van der Waals surface area (Å²) in [6, 6.07) is 5.40. The number of carbonyl (C=O) groups excluding carboxylic acids is 3. The monoisotopic (exact) mass is 472 g/mol. The van der Waals surface area contributed by atoms with E-state index in [0.717, 1.165) is 12.8 Å². The van der Waals surface area contributed by atoms with Crippen LogP contribution in [0.1, 0.15) is 25.7 Å². The van der Waals surface area contributed by atoms with E-state index in [-0.39, 0.29) is 24.5 Å². The summed E-state index contributed by atoms with van der Waals surface area (Å²) in [5.74, 6) is 0.374. The van der Waals surface area contributed by atoms with Crippen molar-refractivity contribution in [2.45, 2.75) is 37.8 Å². The summed E-state index contributed by atoms with van der Waals surface area (Å²) in [6.45, 7) is 0.927. The summed E-state index contributed by atoms with van der Waals surface area (Å²) in [7, 11) is 1.55. The molecule has 2 aliphatic heterocycles. The molecule has 0 unspecified atom stereocenters. The van der Waals surface area contributed by atoms with E-state index in [4.69, 9.17) is 16.3 Å². The number of aromatic nitrogens is 2. The first-order chi connectivity index (χ1) is 15.9. The number of hydrogen-bond donors (Lipinski definition) is 2. The molecule has 2 aliphatic rings. The first kappa shape index (κ1) is 22.9. The van der Waals surface area contributed by atoms with Crippen molar-refractivity contribution in [3.8, 4) is 0 Å². The zero-order valence-corrected chi connectivity index (χ0v) is 18.9. The Morgan fingerprint density at radius 1 is 1.09 bits per heavy atom. The number of piperidine rings is 1. The number of likely N-dealkylation sites (tertiary alicyclic amines) is 1.